The summed E-state index contributed by atoms with van der Waals surface area (Å²) in [6, 6.07) is 10.0. The highest BCUT2D eigenvalue weighted by molar-refractivity contribution is 7.92. The first kappa shape index (κ1) is 17.8. The molecule has 25 heavy (non-hydrogen) atoms. The number of sulfonamides is 2. The van der Waals surface area contributed by atoms with Crippen LogP contribution in [0, 0.1) is 5.82 Å². The smallest absolute Gasteiger partial charge is 0.261 e. The topological polar surface area (TPSA) is 83.5 Å². The second-order valence-electron chi connectivity index (χ2n) is 5.70. The highest BCUT2D eigenvalue weighted by Crippen LogP contribution is 2.24. The van der Waals surface area contributed by atoms with Crippen LogP contribution in [0.4, 0.5) is 10.1 Å². The van der Waals surface area contributed by atoms with Crippen LogP contribution in [0.25, 0.3) is 0 Å². The number of anilines is 1. The summed E-state index contributed by atoms with van der Waals surface area (Å²) >= 11 is 0. The minimum atomic E-state index is -3.94. The Morgan fingerprint density at radius 1 is 0.880 bits per heavy atom. The van der Waals surface area contributed by atoms with E-state index >= 15 is 0 Å². The minimum Gasteiger partial charge on any atom is -0.280 e. The molecule has 0 bridgehead atoms. The number of halogens is 1. The molecule has 0 radical (unpaired) electrons. The van der Waals surface area contributed by atoms with Crippen LogP contribution in [-0.2, 0) is 20.0 Å². The zero-order chi connectivity index (χ0) is 18.1. The van der Waals surface area contributed by atoms with Crippen LogP contribution >= 0.6 is 0 Å². The van der Waals surface area contributed by atoms with E-state index < -0.39 is 25.9 Å². The molecule has 1 heterocycles. The van der Waals surface area contributed by atoms with Gasteiger partial charge in [-0.05, 0) is 55.3 Å². The Morgan fingerprint density at radius 2 is 1.52 bits per heavy atom. The number of hydrogen-bond donors (Lipinski definition) is 1. The molecule has 0 aromatic heterocycles. The summed E-state index contributed by atoms with van der Waals surface area (Å²) < 4.78 is 66.5. The molecule has 0 atom stereocenters. The van der Waals surface area contributed by atoms with Gasteiger partial charge in [-0.3, -0.25) is 4.72 Å². The Labute approximate surface area is 146 Å². The third-order valence-electron chi connectivity index (χ3n) is 3.91. The predicted octanol–water partition coefficient (Wildman–Crippen LogP) is 2.41. The van der Waals surface area contributed by atoms with E-state index in [-0.39, 0.29) is 15.5 Å². The molecular weight excluding hydrogens is 367 g/mol. The highest BCUT2D eigenvalue weighted by atomic mass is 32.2. The lowest BCUT2D eigenvalue weighted by Gasteiger charge is -2.16. The maximum atomic E-state index is 12.9. The summed E-state index contributed by atoms with van der Waals surface area (Å²) in [6.07, 6.45) is 1.63. The maximum Gasteiger partial charge on any atom is 0.261 e. The van der Waals surface area contributed by atoms with Crippen LogP contribution in [0.15, 0.2) is 58.3 Å². The summed E-state index contributed by atoms with van der Waals surface area (Å²) in [6.45, 7) is 0.932. The van der Waals surface area contributed by atoms with Gasteiger partial charge in [0.1, 0.15) is 5.82 Å². The van der Waals surface area contributed by atoms with E-state index in [4.69, 9.17) is 0 Å². The highest BCUT2D eigenvalue weighted by Gasteiger charge is 2.27. The average molecular weight is 384 g/mol. The van der Waals surface area contributed by atoms with E-state index in [9.17, 15) is 21.2 Å². The van der Waals surface area contributed by atoms with E-state index in [0.717, 1.165) is 37.1 Å². The van der Waals surface area contributed by atoms with Crippen LogP contribution in [0.2, 0.25) is 0 Å². The van der Waals surface area contributed by atoms with Crippen LogP contribution in [0.3, 0.4) is 0 Å². The summed E-state index contributed by atoms with van der Waals surface area (Å²) in [7, 11) is -7.57. The number of nitrogens with zero attached hydrogens (tertiary/aromatic N) is 1. The summed E-state index contributed by atoms with van der Waals surface area (Å²) in [4.78, 5) is -0.0737. The third kappa shape index (κ3) is 3.83. The molecule has 1 N–H and O–H groups in total. The Bertz CT molecular complexity index is 967. The second kappa shape index (κ2) is 6.74. The minimum absolute atomic E-state index is 0.0358. The molecule has 0 unspecified atom stereocenters. The van der Waals surface area contributed by atoms with Crippen molar-refractivity contribution in [2.75, 3.05) is 17.8 Å². The standard InChI is InChI=1S/C16H17FN2O4S2/c17-13-6-8-15(9-7-13)24(20,21)18-14-4-3-5-16(12-14)25(22,23)19-10-1-2-11-19/h3-9,12,18H,1-2,10-11H2. The Morgan fingerprint density at radius 3 is 2.16 bits per heavy atom. The van der Waals surface area contributed by atoms with Gasteiger partial charge in [0.2, 0.25) is 10.0 Å². The van der Waals surface area contributed by atoms with Gasteiger partial charge < -0.3 is 0 Å². The van der Waals surface area contributed by atoms with Gasteiger partial charge in [-0.2, -0.15) is 4.31 Å². The molecule has 0 amide bonds. The van der Waals surface area contributed by atoms with E-state index in [2.05, 4.69) is 4.72 Å². The molecule has 3 rings (SSSR count). The quantitative estimate of drug-likeness (QED) is 0.858. The lowest BCUT2D eigenvalue weighted by molar-refractivity contribution is 0.477. The lowest BCUT2D eigenvalue weighted by atomic mass is 10.3. The molecule has 1 aliphatic rings. The monoisotopic (exact) mass is 384 g/mol. The normalized spacial score (nSPS) is 16.0. The van der Waals surface area contributed by atoms with Crippen molar-refractivity contribution in [1.82, 2.24) is 4.31 Å². The lowest BCUT2D eigenvalue weighted by Crippen LogP contribution is -2.27. The molecule has 9 heteroatoms. The molecule has 1 aliphatic heterocycles. The first-order chi connectivity index (χ1) is 11.8. The predicted molar refractivity (Wildman–Crippen MR) is 91.6 cm³/mol. The van der Waals surface area contributed by atoms with E-state index in [1.807, 2.05) is 0 Å². The Hall–Kier alpha value is -1.97. The largest absolute Gasteiger partial charge is 0.280 e. The fourth-order valence-electron chi connectivity index (χ4n) is 2.63. The molecular formula is C16H17FN2O4S2. The fourth-order valence-corrected chi connectivity index (χ4v) is 5.24. The fraction of sp³-hybridized carbons (Fsp3) is 0.250. The van der Waals surface area contributed by atoms with Crippen molar-refractivity contribution in [1.29, 1.82) is 0 Å². The van der Waals surface area contributed by atoms with E-state index in [1.165, 1.54) is 28.6 Å². The van der Waals surface area contributed by atoms with Gasteiger partial charge in [-0.1, -0.05) is 6.07 Å². The summed E-state index contributed by atoms with van der Waals surface area (Å²) in [5, 5.41) is 0. The molecule has 1 saturated heterocycles. The van der Waals surface area contributed by atoms with Crippen molar-refractivity contribution in [3.05, 3.63) is 54.3 Å². The van der Waals surface area contributed by atoms with Crippen molar-refractivity contribution >= 4 is 25.7 Å². The zero-order valence-electron chi connectivity index (χ0n) is 13.2. The van der Waals surface area contributed by atoms with E-state index in [1.54, 1.807) is 0 Å². The van der Waals surface area contributed by atoms with Crippen molar-refractivity contribution in [3.8, 4) is 0 Å². The molecule has 1 fully saturated rings. The van der Waals surface area contributed by atoms with Crippen LogP contribution < -0.4 is 4.72 Å². The summed E-state index contributed by atoms with van der Waals surface area (Å²) in [5.74, 6) is -0.544. The third-order valence-corrected chi connectivity index (χ3v) is 7.20. The molecule has 0 saturated carbocycles. The van der Waals surface area contributed by atoms with Gasteiger partial charge in [0.25, 0.3) is 10.0 Å². The van der Waals surface area contributed by atoms with Crippen molar-refractivity contribution in [2.45, 2.75) is 22.6 Å². The molecule has 6 nitrogen and oxygen atoms in total. The Balaban J connectivity index is 1.88. The molecule has 134 valence electrons. The molecule has 2 aromatic carbocycles. The number of benzene rings is 2. The van der Waals surface area contributed by atoms with Crippen LogP contribution in [-0.4, -0.2) is 34.2 Å². The number of nitrogens with one attached hydrogen (secondary N) is 1. The first-order valence-electron chi connectivity index (χ1n) is 7.68. The van der Waals surface area contributed by atoms with Gasteiger partial charge in [0, 0.05) is 13.1 Å². The van der Waals surface area contributed by atoms with Gasteiger partial charge in [0.05, 0.1) is 15.5 Å². The van der Waals surface area contributed by atoms with Crippen LogP contribution in [0.5, 0.6) is 0 Å². The van der Waals surface area contributed by atoms with E-state index in [0.29, 0.717) is 13.1 Å². The number of hydrogen-bond acceptors (Lipinski definition) is 4. The first-order valence-corrected chi connectivity index (χ1v) is 10.6. The molecule has 0 spiro atoms. The van der Waals surface area contributed by atoms with Crippen molar-refractivity contribution in [3.63, 3.8) is 0 Å². The number of rotatable bonds is 5. The molecule has 0 aliphatic carbocycles. The summed E-state index contributed by atoms with van der Waals surface area (Å²) in [5.41, 5.74) is 0.129. The Kier molecular flexibility index (Phi) is 4.81. The van der Waals surface area contributed by atoms with Crippen LogP contribution in [0.1, 0.15) is 12.8 Å². The van der Waals surface area contributed by atoms with Crippen molar-refractivity contribution < 1.29 is 21.2 Å². The zero-order valence-corrected chi connectivity index (χ0v) is 14.9. The SMILES string of the molecule is O=S(=O)(Nc1cccc(S(=O)(=O)N2CCCC2)c1)c1ccc(F)cc1. The van der Waals surface area contributed by atoms with Gasteiger partial charge in [-0.25, -0.2) is 21.2 Å². The average Bonchev–Trinajstić information content (AvgIpc) is 3.10. The molecule has 2 aromatic rings. The van der Waals surface area contributed by atoms with Gasteiger partial charge in [-0.15, -0.1) is 0 Å². The van der Waals surface area contributed by atoms with Gasteiger partial charge in [0.15, 0.2) is 0 Å². The van der Waals surface area contributed by atoms with Crippen molar-refractivity contribution in [2.24, 2.45) is 0 Å². The maximum absolute atomic E-state index is 12.9. The van der Waals surface area contributed by atoms with Gasteiger partial charge >= 0.3 is 0 Å². The second-order valence-corrected chi connectivity index (χ2v) is 9.32.